The molecule has 0 amide bonds. The van der Waals surface area contributed by atoms with Gasteiger partial charge in [0, 0.05) is 38.3 Å². The van der Waals surface area contributed by atoms with Gasteiger partial charge in [-0.2, -0.15) is 6.92 Å². The summed E-state index contributed by atoms with van der Waals surface area (Å²) in [6.07, 6.45) is 3.41. The van der Waals surface area contributed by atoms with Gasteiger partial charge in [0.2, 0.25) is 0 Å². The third kappa shape index (κ3) is 4.85. The van der Waals surface area contributed by atoms with Gasteiger partial charge in [0.1, 0.15) is 0 Å². The fourth-order valence-electron chi connectivity index (χ4n) is 2.40. The molecule has 0 aliphatic heterocycles. The molecule has 26 heavy (non-hydrogen) atoms. The van der Waals surface area contributed by atoms with E-state index in [1.807, 2.05) is 48.7 Å². The molecule has 0 saturated heterocycles. The molecule has 4 aromatic rings. The topological polar surface area (TPSA) is 42.9 Å². The van der Waals surface area contributed by atoms with Gasteiger partial charge in [0.15, 0.2) is 0 Å². The van der Waals surface area contributed by atoms with Crippen LogP contribution in [0.5, 0.6) is 0 Å². The summed E-state index contributed by atoms with van der Waals surface area (Å²) in [6, 6.07) is 26.6. The molecular weight excluding hydrogens is 500 g/mol. The Morgan fingerprint density at radius 2 is 1.62 bits per heavy atom. The third-order valence-electron chi connectivity index (χ3n) is 3.59. The average Bonchev–Trinajstić information content (AvgIpc) is 2.69. The standard InChI is InChI=1S/C15H10N.C7H6NO.Ir/c1-2-7-13(8-3-1)15-14-9-5-4-6-12(14)10-11-16-15;1-6(9)7-4-2-3-5-8-7;/h1-7,9-11H;2-5H,1H2;/q2*-1;. The quantitative estimate of drug-likeness (QED) is 0.284. The summed E-state index contributed by atoms with van der Waals surface area (Å²) >= 11 is 0. The number of aromatic nitrogens is 2. The molecule has 4 rings (SSSR count). The number of ketones is 1. The molecule has 2 heterocycles. The van der Waals surface area contributed by atoms with Crippen LogP contribution in [0.2, 0.25) is 0 Å². The fraction of sp³-hybridized carbons (Fsp3) is 0. The van der Waals surface area contributed by atoms with E-state index in [4.69, 9.17) is 0 Å². The summed E-state index contributed by atoms with van der Waals surface area (Å²) < 4.78 is 0. The maximum atomic E-state index is 10.5. The minimum atomic E-state index is -0.240. The molecule has 2 aromatic heterocycles. The van der Waals surface area contributed by atoms with E-state index in [1.165, 1.54) is 10.8 Å². The van der Waals surface area contributed by atoms with Crippen molar-refractivity contribution in [2.24, 2.45) is 0 Å². The molecule has 2 aromatic carbocycles. The first-order valence-corrected chi connectivity index (χ1v) is 7.84. The maximum Gasteiger partial charge on any atom is 0.0390 e. The average molecular weight is 517 g/mol. The van der Waals surface area contributed by atoms with Gasteiger partial charge in [-0.1, -0.05) is 30.3 Å². The minimum Gasteiger partial charge on any atom is -0.347 e. The Labute approximate surface area is 166 Å². The molecule has 0 bridgehead atoms. The monoisotopic (exact) mass is 517 g/mol. The Balaban J connectivity index is 0.000000210. The zero-order valence-electron chi connectivity index (χ0n) is 13.9. The first kappa shape index (κ1) is 19.5. The van der Waals surface area contributed by atoms with Crippen LogP contribution in [0, 0.1) is 13.0 Å². The molecule has 0 saturated carbocycles. The summed E-state index contributed by atoms with van der Waals surface area (Å²) in [7, 11) is 0. The number of carbonyl (C=O) groups excluding carboxylic acids is 1. The van der Waals surface area contributed by atoms with Crippen molar-refractivity contribution in [3.05, 3.63) is 104 Å². The van der Waals surface area contributed by atoms with Gasteiger partial charge in [0.25, 0.3) is 0 Å². The van der Waals surface area contributed by atoms with Crippen molar-refractivity contribution in [2.45, 2.75) is 0 Å². The van der Waals surface area contributed by atoms with Crippen LogP contribution in [0.4, 0.5) is 0 Å². The zero-order chi connectivity index (χ0) is 17.5. The predicted octanol–water partition coefficient (Wildman–Crippen LogP) is 4.80. The van der Waals surface area contributed by atoms with Crippen molar-refractivity contribution in [3.63, 3.8) is 0 Å². The Hall–Kier alpha value is -2.81. The Bertz CT molecular complexity index is 967. The number of pyridine rings is 2. The molecule has 0 atom stereocenters. The van der Waals surface area contributed by atoms with E-state index >= 15 is 0 Å². The predicted molar refractivity (Wildman–Crippen MR) is 99.9 cm³/mol. The largest absolute Gasteiger partial charge is 0.347 e. The molecule has 4 heteroatoms. The number of hydrogen-bond donors (Lipinski definition) is 0. The van der Waals surface area contributed by atoms with Crippen LogP contribution in [0.3, 0.4) is 0 Å². The van der Waals surface area contributed by atoms with Gasteiger partial charge in [-0.15, -0.1) is 42.0 Å². The van der Waals surface area contributed by atoms with Gasteiger partial charge in [-0.05, 0) is 34.3 Å². The van der Waals surface area contributed by atoms with E-state index in [0.29, 0.717) is 5.69 Å². The van der Waals surface area contributed by atoms with E-state index in [1.54, 1.807) is 24.4 Å². The summed E-state index contributed by atoms with van der Waals surface area (Å²) in [6.45, 7) is 3.21. The van der Waals surface area contributed by atoms with Crippen molar-refractivity contribution in [3.8, 4) is 11.3 Å². The molecule has 0 aliphatic rings. The van der Waals surface area contributed by atoms with Crippen LogP contribution in [0.15, 0.2) is 85.2 Å². The van der Waals surface area contributed by atoms with Crippen LogP contribution in [0.1, 0.15) is 10.5 Å². The molecule has 1 radical (unpaired) electrons. The number of fused-ring (bicyclic) bond motifs is 1. The van der Waals surface area contributed by atoms with Crippen LogP contribution >= 0.6 is 0 Å². The van der Waals surface area contributed by atoms with Crippen LogP contribution in [0.25, 0.3) is 22.0 Å². The number of nitrogens with zero attached hydrogens (tertiary/aromatic N) is 2. The summed E-state index contributed by atoms with van der Waals surface area (Å²) in [5.74, 6) is -0.240. The second-order valence-corrected chi connectivity index (χ2v) is 5.30. The third-order valence-corrected chi connectivity index (χ3v) is 3.59. The van der Waals surface area contributed by atoms with Crippen molar-refractivity contribution in [1.82, 2.24) is 9.97 Å². The van der Waals surface area contributed by atoms with E-state index < -0.39 is 0 Å². The van der Waals surface area contributed by atoms with Gasteiger partial charge < -0.3 is 14.8 Å². The molecule has 0 aliphatic carbocycles. The van der Waals surface area contributed by atoms with E-state index in [-0.39, 0.29) is 25.9 Å². The smallest absolute Gasteiger partial charge is 0.0390 e. The Kier molecular flexibility index (Phi) is 7.22. The molecule has 0 N–H and O–H groups in total. The van der Waals surface area contributed by atoms with Crippen LogP contribution < -0.4 is 0 Å². The van der Waals surface area contributed by atoms with Crippen LogP contribution in [-0.4, -0.2) is 15.8 Å². The number of benzene rings is 2. The van der Waals surface area contributed by atoms with Gasteiger partial charge in [-0.25, -0.2) is 0 Å². The SMILES string of the molecule is [CH2-]C(=O)c1ccccn1.[Ir].[c-]1ccccc1-c1nccc2ccccc12. The molecule has 0 spiro atoms. The number of Topliss-reactive ketones (excluding diaryl/α,β-unsaturated/α-hetero) is 1. The molecule has 0 fully saturated rings. The van der Waals surface area contributed by atoms with Crippen molar-refractivity contribution in [2.75, 3.05) is 0 Å². The summed E-state index contributed by atoms with van der Waals surface area (Å²) in [4.78, 5) is 18.7. The minimum absolute atomic E-state index is 0. The Morgan fingerprint density at radius 1 is 0.846 bits per heavy atom. The van der Waals surface area contributed by atoms with Crippen molar-refractivity contribution < 1.29 is 24.9 Å². The fourth-order valence-corrected chi connectivity index (χ4v) is 2.40. The van der Waals surface area contributed by atoms with Crippen LogP contribution in [-0.2, 0) is 20.1 Å². The number of carbonyl (C=O) groups is 1. The first-order valence-electron chi connectivity index (χ1n) is 7.84. The summed E-state index contributed by atoms with van der Waals surface area (Å²) in [5.41, 5.74) is 2.45. The van der Waals surface area contributed by atoms with Gasteiger partial charge in [0.05, 0.1) is 0 Å². The molecule has 131 valence electrons. The molecular formula is C22H16IrN2O-2. The number of rotatable bonds is 2. The van der Waals surface area contributed by atoms with Gasteiger partial charge >= 0.3 is 0 Å². The summed E-state index contributed by atoms with van der Waals surface area (Å²) in [5, 5.41) is 2.39. The van der Waals surface area contributed by atoms with Crippen molar-refractivity contribution >= 4 is 16.6 Å². The molecule has 3 nitrogen and oxygen atoms in total. The first-order chi connectivity index (χ1) is 12.3. The number of hydrogen-bond acceptors (Lipinski definition) is 3. The second-order valence-electron chi connectivity index (χ2n) is 5.30. The van der Waals surface area contributed by atoms with E-state index in [2.05, 4.69) is 35.1 Å². The Morgan fingerprint density at radius 3 is 2.27 bits per heavy atom. The van der Waals surface area contributed by atoms with E-state index in [0.717, 1.165) is 11.3 Å². The second kappa shape index (κ2) is 9.62. The molecule has 0 unspecified atom stereocenters. The van der Waals surface area contributed by atoms with E-state index in [9.17, 15) is 4.79 Å². The van der Waals surface area contributed by atoms with Gasteiger partial charge in [-0.3, -0.25) is 0 Å². The van der Waals surface area contributed by atoms with Crippen molar-refractivity contribution in [1.29, 1.82) is 0 Å². The zero-order valence-corrected chi connectivity index (χ0v) is 16.3. The maximum absolute atomic E-state index is 10.5. The normalized spacial score (nSPS) is 9.54.